The van der Waals surface area contributed by atoms with Gasteiger partial charge in [-0.25, -0.2) is 0 Å². The predicted molar refractivity (Wildman–Crippen MR) is 83.7 cm³/mol. The zero-order valence-electron chi connectivity index (χ0n) is 13.1. The van der Waals surface area contributed by atoms with Gasteiger partial charge in [0.1, 0.15) is 5.75 Å². The van der Waals surface area contributed by atoms with E-state index in [1.54, 1.807) is 12.0 Å². The van der Waals surface area contributed by atoms with Gasteiger partial charge in [0.15, 0.2) is 0 Å². The fraction of sp³-hybridized carbons (Fsp3) is 0.556. The Balaban J connectivity index is 1.71. The van der Waals surface area contributed by atoms with Crippen LogP contribution < -0.4 is 4.74 Å². The number of carbonyl (C=O) groups is 2. The largest absolute Gasteiger partial charge is 0.497 e. The summed E-state index contributed by atoms with van der Waals surface area (Å²) in [6.45, 7) is 0. The molecule has 4 heteroatoms. The van der Waals surface area contributed by atoms with Crippen molar-refractivity contribution >= 4 is 11.8 Å². The number of piperidine rings is 1. The molecule has 2 aliphatic rings. The molecule has 1 aliphatic heterocycles. The van der Waals surface area contributed by atoms with Gasteiger partial charge in [-0.05, 0) is 30.5 Å². The Hall–Kier alpha value is -1.84. The van der Waals surface area contributed by atoms with Crippen LogP contribution in [0.1, 0.15) is 56.4 Å². The summed E-state index contributed by atoms with van der Waals surface area (Å²) in [5, 5.41) is 0. The molecule has 118 valence electrons. The fourth-order valence-corrected chi connectivity index (χ4v) is 3.69. The molecule has 0 unspecified atom stereocenters. The first-order valence-electron chi connectivity index (χ1n) is 8.18. The van der Waals surface area contributed by atoms with E-state index < -0.39 is 0 Å². The van der Waals surface area contributed by atoms with Gasteiger partial charge in [-0.2, -0.15) is 0 Å². The number of amides is 2. The second kappa shape index (κ2) is 6.51. The van der Waals surface area contributed by atoms with Gasteiger partial charge < -0.3 is 4.74 Å². The molecule has 2 amide bonds. The maximum Gasteiger partial charge on any atom is 0.230 e. The summed E-state index contributed by atoms with van der Waals surface area (Å²) in [6, 6.07) is 7.83. The zero-order valence-corrected chi connectivity index (χ0v) is 13.1. The van der Waals surface area contributed by atoms with Crippen LogP contribution in [-0.4, -0.2) is 29.9 Å². The van der Waals surface area contributed by atoms with Gasteiger partial charge in [0, 0.05) is 24.8 Å². The van der Waals surface area contributed by atoms with Crippen LogP contribution in [0.4, 0.5) is 0 Å². The monoisotopic (exact) mass is 301 g/mol. The minimum Gasteiger partial charge on any atom is -0.497 e. The van der Waals surface area contributed by atoms with Crippen LogP contribution in [0.15, 0.2) is 24.3 Å². The first-order valence-corrected chi connectivity index (χ1v) is 8.18. The van der Waals surface area contributed by atoms with Crippen LogP contribution >= 0.6 is 0 Å². The number of imide groups is 1. The van der Waals surface area contributed by atoms with E-state index in [-0.39, 0.29) is 23.8 Å². The second-order valence-corrected chi connectivity index (χ2v) is 6.33. The van der Waals surface area contributed by atoms with E-state index in [9.17, 15) is 9.59 Å². The summed E-state index contributed by atoms with van der Waals surface area (Å²) in [4.78, 5) is 26.6. The van der Waals surface area contributed by atoms with Crippen molar-refractivity contribution in [2.75, 3.05) is 7.11 Å². The topological polar surface area (TPSA) is 46.6 Å². The number of benzene rings is 1. The molecule has 1 saturated carbocycles. The number of hydrogen-bond donors (Lipinski definition) is 0. The molecule has 22 heavy (non-hydrogen) atoms. The van der Waals surface area contributed by atoms with E-state index in [4.69, 9.17) is 4.74 Å². The van der Waals surface area contributed by atoms with Crippen molar-refractivity contribution in [3.05, 3.63) is 29.8 Å². The highest BCUT2D eigenvalue weighted by molar-refractivity contribution is 5.99. The van der Waals surface area contributed by atoms with Gasteiger partial charge in [0.2, 0.25) is 11.8 Å². The van der Waals surface area contributed by atoms with Crippen LogP contribution in [0.25, 0.3) is 0 Å². The maximum absolute atomic E-state index is 12.5. The minimum absolute atomic E-state index is 0.00367. The third-order valence-corrected chi connectivity index (χ3v) is 4.91. The van der Waals surface area contributed by atoms with Crippen LogP contribution in [0.2, 0.25) is 0 Å². The van der Waals surface area contributed by atoms with Crippen molar-refractivity contribution in [3.8, 4) is 5.75 Å². The molecule has 0 atom stereocenters. The minimum atomic E-state index is 0.00367. The Bertz CT molecular complexity index is 528. The van der Waals surface area contributed by atoms with Gasteiger partial charge in [0.05, 0.1) is 7.11 Å². The lowest BCUT2D eigenvalue weighted by molar-refractivity contribution is -0.152. The Morgan fingerprint density at radius 2 is 1.55 bits per heavy atom. The van der Waals surface area contributed by atoms with Crippen LogP contribution in [0.5, 0.6) is 5.75 Å². The van der Waals surface area contributed by atoms with Crippen LogP contribution in [0, 0.1) is 0 Å². The lowest BCUT2D eigenvalue weighted by atomic mass is 9.86. The summed E-state index contributed by atoms with van der Waals surface area (Å²) in [7, 11) is 1.63. The van der Waals surface area contributed by atoms with Gasteiger partial charge in [-0.15, -0.1) is 0 Å². The number of likely N-dealkylation sites (tertiary alicyclic amines) is 1. The van der Waals surface area contributed by atoms with Crippen molar-refractivity contribution in [2.24, 2.45) is 0 Å². The summed E-state index contributed by atoms with van der Waals surface area (Å²) in [5.41, 5.74) is 1.05. The number of rotatable bonds is 3. The predicted octanol–water partition coefficient (Wildman–Crippen LogP) is 3.26. The van der Waals surface area contributed by atoms with Gasteiger partial charge in [-0.1, -0.05) is 31.4 Å². The quantitative estimate of drug-likeness (QED) is 0.805. The van der Waals surface area contributed by atoms with Crippen molar-refractivity contribution in [2.45, 2.75) is 56.9 Å². The molecule has 1 heterocycles. The summed E-state index contributed by atoms with van der Waals surface area (Å²) >= 11 is 0. The van der Waals surface area contributed by atoms with Gasteiger partial charge >= 0.3 is 0 Å². The highest BCUT2D eigenvalue weighted by atomic mass is 16.5. The highest BCUT2D eigenvalue weighted by Crippen LogP contribution is 2.34. The molecular weight excluding hydrogens is 278 g/mol. The number of nitrogens with zero attached hydrogens (tertiary/aromatic N) is 1. The highest BCUT2D eigenvalue weighted by Gasteiger charge is 2.37. The lowest BCUT2D eigenvalue weighted by Crippen LogP contribution is -2.49. The molecule has 1 aliphatic carbocycles. The maximum atomic E-state index is 12.5. The number of carbonyl (C=O) groups excluding carboxylic acids is 2. The van der Waals surface area contributed by atoms with E-state index in [0.29, 0.717) is 12.8 Å². The number of methoxy groups -OCH3 is 1. The lowest BCUT2D eigenvalue weighted by Gasteiger charge is -2.37. The Kier molecular flexibility index (Phi) is 4.46. The summed E-state index contributed by atoms with van der Waals surface area (Å²) < 4.78 is 5.15. The van der Waals surface area contributed by atoms with Crippen molar-refractivity contribution in [1.82, 2.24) is 4.90 Å². The standard InChI is InChI=1S/C18H23NO3/c1-22-16-9-7-13(8-10-16)14-11-17(20)19(18(21)12-14)15-5-3-2-4-6-15/h7-10,14-15H,2-6,11-12H2,1H3. The molecule has 0 bridgehead atoms. The molecule has 2 fully saturated rings. The molecule has 0 N–H and O–H groups in total. The number of ether oxygens (including phenoxy) is 1. The van der Waals surface area contributed by atoms with Crippen molar-refractivity contribution in [3.63, 3.8) is 0 Å². The average molecular weight is 301 g/mol. The summed E-state index contributed by atoms with van der Waals surface area (Å²) in [5.74, 6) is 0.805. The molecule has 1 aromatic carbocycles. The van der Waals surface area contributed by atoms with E-state index in [0.717, 1.165) is 37.0 Å². The molecule has 1 aromatic rings. The van der Waals surface area contributed by atoms with Crippen molar-refractivity contribution < 1.29 is 14.3 Å². The van der Waals surface area contributed by atoms with Crippen molar-refractivity contribution in [1.29, 1.82) is 0 Å². The smallest absolute Gasteiger partial charge is 0.230 e. The first kappa shape index (κ1) is 15.1. The zero-order chi connectivity index (χ0) is 15.5. The summed E-state index contributed by atoms with van der Waals surface area (Å²) in [6.07, 6.45) is 6.31. The molecular formula is C18H23NO3. The van der Waals surface area contributed by atoms with E-state index in [1.807, 2.05) is 24.3 Å². The average Bonchev–Trinajstić information content (AvgIpc) is 2.55. The Labute approximate surface area is 131 Å². The molecule has 0 aromatic heterocycles. The van der Waals surface area contributed by atoms with Gasteiger partial charge in [0.25, 0.3) is 0 Å². The fourth-order valence-electron chi connectivity index (χ4n) is 3.69. The third kappa shape index (κ3) is 3.01. The van der Waals surface area contributed by atoms with E-state index in [1.165, 1.54) is 6.42 Å². The molecule has 3 rings (SSSR count). The van der Waals surface area contributed by atoms with E-state index >= 15 is 0 Å². The molecule has 1 saturated heterocycles. The molecule has 0 radical (unpaired) electrons. The third-order valence-electron chi connectivity index (χ3n) is 4.91. The van der Waals surface area contributed by atoms with Gasteiger partial charge in [-0.3, -0.25) is 14.5 Å². The van der Waals surface area contributed by atoms with Crippen LogP contribution in [0.3, 0.4) is 0 Å². The number of hydrogen-bond acceptors (Lipinski definition) is 3. The second-order valence-electron chi connectivity index (χ2n) is 6.33. The van der Waals surface area contributed by atoms with Crippen LogP contribution in [-0.2, 0) is 9.59 Å². The Morgan fingerprint density at radius 3 is 2.09 bits per heavy atom. The SMILES string of the molecule is COc1ccc(C2CC(=O)N(C3CCCCC3)C(=O)C2)cc1. The van der Waals surface area contributed by atoms with E-state index in [2.05, 4.69) is 0 Å². The molecule has 0 spiro atoms. The Morgan fingerprint density at radius 1 is 0.955 bits per heavy atom. The normalized spacial score (nSPS) is 21.2. The first-order chi connectivity index (χ1) is 10.7. The molecule has 4 nitrogen and oxygen atoms in total.